The Morgan fingerprint density at radius 3 is 2.71 bits per heavy atom. The molecule has 0 aliphatic rings. The fourth-order valence-corrected chi connectivity index (χ4v) is 1.22. The Kier molecular flexibility index (Phi) is 2.18. The Balaban J connectivity index is 2.41. The van der Waals surface area contributed by atoms with Crippen LogP contribution in [0.5, 0.6) is 5.88 Å². The van der Waals surface area contributed by atoms with Crippen molar-refractivity contribution in [2.45, 2.75) is 0 Å². The molecule has 0 radical (unpaired) electrons. The van der Waals surface area contributed by atoms with Gasteiger partial charge < -0.3 is 4.74 Å². The van der Waals surface area contributed by atoms with Crippen molar-refractivity contribution in [3.05, 3.63) is 30.5 Å². The van der Waals surface area contributed by atoms with Crippen LogP contribution in [0.2, 0.25) is 0 Å². The highest BCUT2D eigenvalue weighted by molar-refractivity contribution is 5.53. The van der Waals surface area contributed by atoms with Gasteiger partial charge in [-0.25, -0.2) is 4.98 Å². The molecule has 2 aromatic rings. The number of aromatic nitrogens is 3. The predicted molar refractivity (Wildman–Crippen MR) is 53.0 cm³/mol. The van der Waals surface area contributed by atoms with Crippen LogP contribution < -0.4 is 4.74 Å². The maximum absolute atomic E-state index is 5.04. The summed E-state index contributed by atoms with van der Waals surface area (Å²) < 4.78 is 6.78. The van der Waals surface area contributed by atoms with E-state index in [9.17, 15) is 0 Å². The Morgan fingerprint density at radius 1 is 1.21 bits per heavy atom. The van der Waals surface area contributed by atoms with Gasteiger partial charge in [0.15, 0.2) is 0 Å². The smallest absolute Gasteiger partial charge is 0.213 e. The fraction of sp³-hybridized carbons (Fsp3) is 0.200. The number of nitrogens with zero attached hydrogens (tertiary/aromatic N) is 3. The highest BCUT2D eigenvalue weighted by Crippen LogP contribution is 2.16. The van der Waals surface area contributed by atoms with Gasteiger partial charge in [0, 0.05) is 19.3 Å². The second-order valence-electron chi connectivity index (χ2n) is 2.94. The van der Waals surface area contributed by atoms with Crippen LogP contribution in [0, 0.1) is 0 Å². The minimum absolute atomic E-state index is 0.605. The van der Waals surface area contributed by atoms with E-state index in [1.165, 1.54) is 0 Å². The zero-order valence-corrected chi connectivity index (χ0v) is 8.14. The molecule has 2 rings (SSSR count). The van der Waals surface area contributed by atoms with Gasteiger partial charge >= 0.3 is 0 Å². The van der Waals surface area contributed by atoms with Crippen molar-refractivity contribution < 1.29 is 4.74 Å². The van der Waals surface area contributed by atoms with E-state index in [1.54, 1.807) is 11.8 Å². The molecule has 0 unspecified atom stereocenters. The van der Waals surface area contributed by atoms with E-state index in [4.69, 9.17) is 4.74 Å². The molecular formula is C10H11N3O. The molecule has 0 spiro atoms. The summed E-state index contributed by atoms with van der Waals surface area (Å²) in [6.07, 6.45) is 1.89. The average Bonchev–Trinajstić information content (AvgIpc) is 2.65. The summed E-state index contributed by atoms with van der Waals surface area (Å²) in [5.74, 6) is 0.605. The first-order valence-corrected chi connectivity index (χ1v) is 4.30. The first-order chi connectivity index (χ1) is 6.79. The topological polar surface area (TPSA) is 39.9 Å². The normalized spacial score (nSPS) is 10.1. The summed E-state index contributed by atoms with van der Waals surface area (Å²) >= 11 is 0. The van der Waals surface area contributed by atoms with E-state index in [2.05, 4.69) is 10.1 Å². The van der Waals surface area contributed by atoms with E-state index in [-0.39, 0.29) is 0 Å². The Labute approximate surface area is 82.2 Å². The summed E-state index contributed by atoms with van der Waals surface area (Å²) in [6.45, 7) is 0. The van der Waals surface area contributed by atoms with Crippen molar-refractivity contribution in [2.24, 2.45) is 7.05 Å². The first-order valence-electron chi connectivity index (χ1n) is 4.30. The van der Waals surface area contributed by atoms with Crippen LogP contribution in [0.3, 0.4) is 0 Å². The van der Waals surface area contributed by atoms with E-state index in [1.807, 2.05) is 37.5 Å². The van der Waals surface area contributed by atoms with Gasteiger partial charge in [-0.15, -0.1) is 0 Å². The number of rotatable bonds is 2. The van der Waals surface area contributed by atoms with Crippen molar-refractivity contribution in [1.82, 2.24) is 14.8 Å². The van der Waals surface area contributed by atoms with Gasteiger partial charge in [-0.05, 0) is 12.1 Å². The number of pyridine rings is 1. The summed E-state index contributed by atoms with van der Waals surface area (Å²) in [7, 11) is 3.48. The van der Waals surface area contributed by atoms with Gasteiger partial charge in [0.2, 0.25) is 5.88 Å². The van der Waals surface area contributed by atoms with E-state index < -0.39 is 0 Å². The first kappa shape index (κ1) is 8.74. The van der Waals surface area contributed by atoms with Gasteiger partial charge in [-0.2, -0.15) is 5.10 Å². The van der Waals surface area contributed by atoms with Crippen LogP contribution in [0.15, 0.2) is 30.5 Å². The molecule has 0 saturated carbocycles. The number of hydrogen-bond donors (Lipinski definition) is 0. The molecule has 0 fully saturated rings. The largest absolute Gasteiger partial charge is 0.481 e. The van der Waals surface area contributed by atoms with Gasteiger partial charge in [0.25, 0.3) is 0 Å². The Bertz CT molecular complexity index is 436. The van der Waals surface area contributed by atoms with Gasteiger partial charge in [0.05, 0.1) is 12.8 Å². The third-order valence-electron chi connectivity index (χ3n) is 1.91. The van der Waals surface area contributed by atoms with Crippen molar-refractivity contribution in [1.29, 1.82) is 0 Å². The van der Waals surface area contributed by atoms with Crippen LogP contribution in [-0.4, -0.2) is 21.9 Å². The number of methoxy groups -OCH3 is 1. The molecule has 0 bridgehead atoms. The Morgan fingerprint density at radius 2 is 2.07 bits per heavy atom. The molecule has 4 nitrogen and oxygen atoms in total. The SMILES string of the molecule is COc1cccc(-c2ccn(C)n2)n1. The van der Waals surface area contributed by atoms with Gasteiger partial charge in [0.1, 0.15) is 5.69 Å². The standard InChI is InChI=1S/C10H11N3O/c1-13-7-6-9(12-13)8-4-3-5-10(11-8)14-2/h3-7H,1-2H3. The highest BCUT2D eigenvalue weighted by atomic mass is 16.5. The lowest BCUT2D eigenvalue weighted by atomic mass is 10.3. The molecule has 0 atom stereocenters. The molecule has 0 aromatic carbocycles. The van der Waals surface area contributed by atoms with E-state index >= 15 is 0 Å². The maximum Gasteiger partial charge on any atom is 0.213 e. The molecule has 14 heavy (non-hydrogen) atoms. The second-order valence-corrected chi connectivity index (χ2v) is 2.94. The van der Waals surface area contributed by atoms with Crippen LogP contribution in [-0.2, 0) is 7.05 Å². The third-order valence-corrected chi connectivity index (χ3v) is 1.91. The Hall–Kier alpha value is -1.84. The molecule has 0 N–H and O–H groups in total. The average molecular weight is 189 g/mol. The van der Waals surface area contributed by atoms with Crippen LogP contribution in [0.25, 0.3) is 11.4 Å². The lowest BCUT2D eigenvalue weighted by molar-refractivity contribution is 0.398. The van der Waals surface area contributed by atoms with E-state index in [0.29, 0.717) is 5.88 Å². The molecule has 4 heteroatoms. The summed E-state index contributed by atoms with van der Waals surface area (Å²) in [6, 6.07) is 7.54. The van der Waals surface area contributed by atoms with Crippen LogP contribution >= 0.6 is 0 Å². The highest BCUT2D eigenvalue weighted by Gasteiger charge is 2.03. The number of hydrogen-bond acceptors (Lipinski definition) is 3. The molecule has 0 amide bonds. The molecule has 0 saturated heterocycles. The molecular weight excluding hydrogens is 178 g/mol. The number of ether oxygens (including phenoxy) is 1. The predicted octanol–water partition coefficient (Wildman–Crippen LogP) is 1.49. The molecule has 0 aliphatic carbocycles. The fourth-order valence-electron chi connectivity index (χ4n) is 1.22. The maximum atomic E-state index is 5.04. The zero-order valence-electron chi connectivity index (χ0n) is 8.14. The lowest BCUT2D eigenvalue weighted by Crippen LogP contribution is -1.91. The van der Waals surface area contributed by atoms with Crippen molar-refractivity contribution in [3.63, 3.8) is 0 Å². The van der Waals surface area contributed by atoms with Gasteiger partial charge in [-0.1, -0.05) is 6.07 Å². The molecule has 2 aromatic heterocycles. The lowest BCUT2D eigenvalue weighted by Gasteiger charge is -1.99. The van der Waals surface area contributed by atoms with Crippen LogP contribution in [0.1, 0.15) is 0 Å². The monoisotopic (exact) mass is 189 g/mol. The van der Waals surface area contributed by atoms with Crippen LogP contribution in [0.4, 0.5) is 0 Å². The quantitative estimate of drug-likeness (QED) is 0.718. The molecule has 0 aliphatic heterocycles. The second kappa shape index (κ2) is 3.49. The van der Waals surface area contributed by atoms with Crippen molar-refractivity contribution in [2.75, 3.05) is 7.11 Å². The minimum Gasteiger partial charge on any atom is -0.481 e. The van der Waals surface area contributed by atoms with E-state index in [0.717, 1.165) is 11.4 Å². The third kappa shape index (κ3) is 1.59. The summed E-state index contributed by atoms with van der Waals surface area (Å²) in [5.41, 5.74) is 1.68. The zero-order chi connectivity index (χ0) is 9.97. The van der Waals surface area contributed by atoms with Crippen molar-refractivity contribution in [3.8, 4) is 17.3 Å². The molecule has 2 heterocycles. The molecule has 72 valence electrons. The minimum atomic E-state index is 0.605. The van der Waals surface area contributed by atoms with Gasteiger partial charge in [-0.3, -0.25) is 4.68 Å². The van der Waals surface area contributed by atoms with Crippen molar-refractivity contribution >= 4 is 0 Å². The summed E-state index contributed by atoms with van der Waals surface area (Å²) in [5, 5.41) is 4.25. The summed E-state index contributed by atoms with van der Waals surface area (Å²) in [4.78, 5) is 4.28. The number of aryl methyl sites for hydroxylation is 1.